The van der Waals surface area contributed by atoms with Gasteiger partial charge in [-0.15, -0.1) is 0 Å². The topological polar surface area (TPSA) is 116 Å². The number of nitrogens with zero attached hydrogens (tertiary/aromatic N) is 1. The number of ether oxygens (including phenoxy) is 3. The lowest BCUT2D eigenvalue weighted by atomic mass is 10.2. The Morgan fingerprint density at radius 2 is 1.69 bits per heavy atom. The van der Waals surface area contributed by atoms with E-state index in [1.54, 1.807) is 26.0 Å². The van der Waals surface area contributed by atoms with E-state index in [0.717, 1.165) is 0 Å². The van der Waals surface area contributed by atoms with Crippen molar-refractivity contribution in [2.75, 3.05) is 20.3 Å². The molecule has 0 fully saturated rings. The Labute approximate surface area is 168 Å². The van der Waals surface area contributed by atoms with Crippen LogP contribution >= 0.6 is 0 Å². The van der Waals surface area contributed by atoms with Crippen molar-refractivity contribution >= 4 is 17.8 Å². The maximum absolute atomic E-state index is 12.3. The summed E-state index contributed by atoms with van der Waals surface area (Å²) in [6.07, 6.45) is 0. The van der Waals surface area contributed by atoms with E-state index in [4.69, 9.17) is 14.2 Å². The molecule has 1 aromatic heterocycles. The van der Waals surface area contributed by atoms with Crippen molar-refractivity contribution in [3.05, 3.63) is 52.8 Å². The summed E-state index contributed by atoms with van der Waals surface area (Å²) in [7, 11) is 1.47. The Hall–Kier alpha value is -3.62. The third kappa shape index (κ3) is 5.44. The van der Waals surface area contributed by atoms with Gasteiger partial charge in [0.2, 0.25) is 0 Å². The average Bonchev–Trinajstić information content (AvgIpc) is 2.72. The van der Waals surface area contributed by atoms with Crippen molar-refractivity contribution in [3.63, 3.8) is 0 Å². The maximum atomic E-state index is 12.3. The zero-order valence-electron chi connectivity index (χ0n) is 16.7. The number of aryl methyl sites for hydroxylation is 1. The second-order valence-corrected chi connectivity index (χ2v) is 5.76. The van der Waals surface area contributed by atoms with E-state index in [1.165, 1.54) is 25.3 Å². The minimum Gasteiger partial charge on any atom is -0.493 e. The van der Waals surface area contributed by atoms with Crippen molar-refractivity contribution in [1.82, 2.24) is 15.8 Å². The predicted molar refractivity (Wildman–Crippen MR) is 104 cm³/mol. The number of hydrogen-bond donors (Lipinski definition) is 2. The number of rotatable bonds is 7. The molecule has 0 saturated heterocycles. The van der Waals surface area contributed by atoms with E-state index in [1.807, 2.05) is 6.92 Å². The van der Waals surface area contributed by atoms with Crippen molar-refractivity contribution in [2.24, 2.45) is 0 Å². The third-order valence-corrected chi connectivity index (χ3v) is 3.83. The highest BCUT2D eigenvalue weighted by molar-refractivity contribution is 5.99. The van der Waals surface area contributed by atoms with Gasteiger partial charge in [0.25, 0.3) is 11.8 Å². The van der Waals surface area contributed by atoms with Crippen LogP contribution in [0.25, 0.3) is 0 Å². The first-order valence-electron chi connectivity index (χ1n) is 8.97. The van der Waals surface area contributed by atoms with Crippen LogP contribution < -0.4 is 20.3 Å². The summed E-state index contributed by atoms with van der Waals surface area (Å²) in [4.78, 5) is 40.4. The summed E-state index contributed by atoms with van der Waals surface area (Å²) < 4.78 is 15.5. The molecule has 0 radical (unpaired) electrons. The molecule has 154 valence electrons. The van der Waals surface area contributed by atoms with Crippen LogP contribution in [-0.4, -0.2) is 43.1 Å². The van der Waals surface area contributed by atoms with E-state index >= 15 is 0 Å². The third-order valence-electron chi connectivity index (χ3n) is 3.83. The van der Waals surface area contributed by atoms with Crippen LogP contribution in [0.2, 0.25) is 0 Å². The number of benzene rings is 1. The molecule has 0 aliphatic carbocycles. The molecule has 29 heavy (non-hydrogen) atoms. The minimum atomic E-state index is -0.630. The van der Waals surface area contributed by atoms with Gasteiger partial charge in [-0.25, -0.2) is 9.78 Å². The molecule has 2 aromatic rings. The number of pyridine rings is 1. The first-order valence-corrected chi connectivity index (χ1v) is 8.97. The molecular weight excluding hydrogens is 378 g/mol. The molecular formula is C20H23N3O6. The summed E-state index contributed by atoms with van der Waals surface area (Å²) >= 11 is 0. The summed E-state index contributed by atoms with van der Waals surface area (Å²) in [5.74, 6) is -0.772. The Bertz CT molecular complexity index is 913. The monoisotopic (exact) mass is 401 g/mol. The van der Waals surface area contributed by atoms with Crippen LogP contribution in [0.3, 0.4) is 0 Å². The number of hydrazine groups is 1. The van der Waals surface area contributed by atoms with Crippen molar-refractivity contribution in [1.29, 1.82) is 0 Å². The standard InChI is InChI=1S/C20H23N3O6/c1-5-28-16-10-7-13(11-17(16)27-4)18(24)22-23-19(25)15-9-8-14(12(3)21-15)20(26)29-6-2/h7-11H,5-6H2,1-4H3,(H,22,24)(H,23,25). The van der Waals surface area contributed by atoms with Gasteiger partial charge < -0.3 is 14.2 Å². The fourth-order valence-electron chi connectivity index (χ4n) is 2.45. The quantitative estimate of drug-likeness (QED) is 0.539. The smallest absolute Gasteiger partial charge is 0.339 e. The number of esters is 1. The van der Waals surface area contributed by atoms with Crippen LogP contribution in [0.15, 0.2) is 30.3 Å². The maximum Gasteiger partial charge on any atom is 0.339 e. The molecule has 0 spiro atoms. The molecule has 9 heteroatoms. The molecule has 1 aromatic carbocycles. The molecule has 0 atom stereocenters. The summed E-state index contributed by atoms with van der Waals surface area (Å²) in [6, 6.07) is 7.49. The van der Waals surface area contributed by atoms with E-state index in [-0.39, 0.29) is 23.4 Å². The highest BCUT2D eigenvalue weighted by Crippen LogP contribution is 2.27. The Kier molecular flexibility index (Phi) is 7.53. The Morgan fingerprint density at radius 1 is 0.966 bits per heavy atom. The molecule has 0 aliphatic heterocycles. The van der Waals surface area contributed by atoms with Gasteiger partial charge in [-0.3, -0.25) is 20.4 Å². The van der Waals surface area contributed by atoms with Crippen LogP contribution in [-0.2, 0) is 4.74 Å². The van der Waals surface area contributed by atoms with Crippen molar-refractivity contribution in [3.8, 4) is 11.5 Å². The fraction of sp³-hybridized carbons (Fsp3) is 0.300. The zero-order valence-corrected chi connectivity index (χ0v) is 16.7. The lowest BCUT2D eigenvalue weighted by Crippen LogP contribution is -2.42. The van der Waals surface area contributed by atoms with E-state index < -0.39 is 17.8 Å². The number of nitrogens with one attached hydrogen (secondary N) is 2. The Morgan fingerprint density at radius 3 is 2.31 bits per heavy atom. The first-order chi connectivity index (χ1) is 13.9. The molecule has 2 amide bonds. The van der Waals surface area contributed by atoms with Gasteiger partial charge >= 0.3 is 5.97 Å². The van der Waals surface area contributed by atoms with Gasteiger partial charge in [-0.05, 0) is 51.1 Å². The van der Waals surface area contributed by atoms with Gasteiger partial charge in [0, 0.05) is 5.56 Å². The van der Waals surface area contributed by atoms with E-state index in [0.29, 0.717) is 23.8 Å². The number of aromatic nitrogens is 1. The number of amides is 2. The first kappa shape index (κ1) is 21.7. The van der Waals surface area contributed by atoms with Crippen LogP contribution in [0, 0.1) is 6.92 Å². The van der Waals surface area contributed by atoms with E-state index in [2.05, 4.69) is 15.8 Å². The number of hydrogen-bond acceptors (Lipinski definition) is 7. The molecule has 0 bridgehead atoms. The zero-order chi connectivity index (χ0) is 21.4. The van der Waals surface area contributed by atoms with Gasteiger partial charge in [-0.1, -0.05) is 0 Å². The van der Waals surface area contributed by atoms with Gasteiger partial charge in [0.15, 0.2) is 11.5 Å². The van der Waals surface area contributed by atoms with Gasteiger partial charge in [0.05, 0.1) is 31.6 Å². The molecule has 0 saturated carbocycles. The van der Waals surface area contributed by atoms with Crippen LogP contribution in [0.4, 0.5) is 0 Å². The summed E-state index contributed by atoms with van der Waals surface area (Å²) in [5.41, 5.74) is 5.53. The molecule has 0 unspecified atom stereocenters. The molecule has 1 heterocycles. The van der Waals surface area contributed by atoms with Crippen molar-refractivity contribution < 1.29 is 28.6 Å². The van der Waals surface area contributed by atoms with Gasteiger partial charge in [-0.2, -0.15) is 0 Å². The molecule has 2 rings (SSSR count). The second kappa shape index (κ2) is 10.1. The molecule has 9 nitrogen and oxygen atoms in total. The fourth-order valence-corrected chi connectivity index (χ4v) is 2.45. The highest BCUT2D eigenvalue weighted by atomic mass is 16.5. The second-order valence-electron chi connectivity index (χ2n) is 5.76. The van der Waals surface area contributed by atoms with Crippen molar-refractivity contribution in [2.45, 2.75) is 20.8 Å². The lowest BCUT2D eigenvalue weighted by Gasteiger charge is -2.12. The summed E-state index contributed by atoms with van der Waals surface area (Å²) in [6.45, 7) is 5.83. The highest BCUT2D eigenvalue weighted by Gasteiger charge is 2.16. The van der Waals surface area contributed by atoms with E-state index in [9.17, 15) is 14.4 Å². The van der Waals surface area contributed by atoms with Crippen LogP contribution in [0.5, 0.6) is 11.5 Å². The normalized spacial score (nSPS) is 10.1. The van der Waals surface area contributed by atoms with Gasteiger partial charge in [0.1, 0.15) is 5.69 Å². The average molecular weight is 401 g/mol. The summed E-state index contributed by atoms with van der Waals surface area (Å²) in [5, 5.41) is 0. The lowest BCUT2D eigenvalue weighted by molar-refractivity contribution is 0.0524. The number of carbonyl (C=O) groups is 3. The Balaban J connectivity index is 2.04. The predicted octanol–water partition coefficient (Wildman–Crippen LogP) is 2.05. The van der Waals surface area contributed by atoms with Crippen LogP contribution in [0.1, 0.15) is 50.7 Å². The minimum absolute atomic E-state index is 0.0418. The number of carbonyl (C=O) groups excluding carboxylic acids is 3. The largest absolute Gasteiger partial charge is 0.493 e. The number of methoxy groups -OCH3 is 1. The molecule has 0 aliphatic rings. The molecule has 2 N–H and O–H groups in total. The SMILES string of the molecule is CCOC(=O)c1ccc(C(=O)NNC(=O)c2ccc(OCC)c(OC)c2)nc1C.